The molecule has 0 N–H and O–H groups in total. The van der Waals surface area contributed by atoms with Crippen LogP contribution in [-0.2, 0) is 9.53 Å². The maximum atomic E-state index is 12.0. The SMILES string of the molecule is C[C@H]1OC(=O)C[C@H]1C(=O)c1ccccc1. The molecule has 0 aliphatic carbocycles. The molecule has 0 spiro atoms. The Morgan fingerprint density at radius 1 is 1.33 bits per heavy atom. The fraction of sp³-hybridized carbons (Fsp3) is 0.333. The molecule has 0 aromatic heterocycles. The van der Waals surface area contributed by atoms with Crippen LogP contribution in [0.4, 0.5) is 0 Å². The van der Waals surface area contributed by atoms with Crippen LogP contribution >= 0.6 is 0 Å². The molecule has 0 unspecified atom stereocenters. The van der Waals surface area contributed by atoms with Gasteiger partial charge in [-0.15, -0.1) is 0 Å². The molecule has 2 atom stereocenters. The van der Waals surface area contributed by atoms with Crippen LogP contribution in [0.5, 0.6) is 0 Å². The molecule has 3 heteroatoms. The van der Waals surface area contributed by atoms with Crippen LogP contribution in [0.2, 0.25) is 0 Å². The largest absolute Gasteiger partial charge is 0.462 e. The number of carbonyl (C=O) groups is 2. The zero-order valence-electron chi connectivity index (χ0n) is 8.47. The van der Waals surface area contributed by atoms with Crippen molar-refractivity contribution in [3.63, 3.8) is 0 Å². The molecule has 1 heterocycles. The Bertz CT molecular complexity index is 383. The van der Waals surface area contributed by atoms with E-state index in [2.05, 4.69) is 0 Å². The molecule has 78 valence electrons. The average Bonchev–Trinajstić information content (AvgIpc) is 2.58. The first-order valence-corrected chi connectivity index (χ1v) is 4.97. The highest BCUT2D eigenvalue weighted by Crippen LogP contribution is 2.25. The van der Waals surface area contributed by atoms with Crippen LogP contribution in [-0.4, -0.2) is 17.9 Å². The van der Waals surface area contributed by atoms with E-state index in [1.165, 1.54) is 0 Å². The molecule has 1 fully saturated rings. The number of ether oxygens (including phenoxy) is 1. The molecule has 3 nitrogen and oxygen atoms in total. The summed E-state index contributed by atoms with van der Waals surface area (Å²) in [5.41, 5.74) is 0.646. The van der Waals surface area contributed by atoms with Crippen molar-refractivity contribution >= 4 is 11.8 Å². The van der Waals surface area contributed by atoms with E-state index in [0.717, 1.165) is 0 Å². The lowest BCUT2D eigenvalue weighted by molar-refractivity contribution is -0.140. The van der Waals surface area contributed by atoms with E-state index in [0.29, 0.717) is 5.56 Å². The van der Waals surface area contributed by atoms with Gasteiger partial charge in [-0.3, -0.25) is 9.59 Å². The Morgan fingerprint density at radius 2 is 2.00 bits per heavy atom. The van der Waals surface area contributed by atoms with Crippen molar-refractivity contribution in [1.82, 2.24) is 0 Å². The van der Waals surface area contributed by atoms with E-state index in [1.807, 2.05) is 18.2 Å². The highest BCUT2D eigenvalue weighted by atomic mass is 16.5. The predicted molar refractivity (Wildman–Crippen MR) is 54.4 cm³/mol. The lowest BCUT2D eigenvalue weighted by Crippen LogP contribution is -2.21. The number of benzene rings is 1. The summed E-state index contributed by atoms with van der Waals surface area (Å²) in [6.45, 7) is 1.76. The lowest BCUT2D eigenvalue weighted by atomic mass is 9.92. The second-order valence-corrected chi connectivity index (χ2v) is 3.74. The first-order chi connectivity index (χ1) is 7.18. The normalized spacial score (nSPS) is 25.0. The maximum absolute atomic E-state index is 12.0. The lowest BCUT2D eigenvalue weighted by Gasteiger charge is -2.11. The van der Waals surface area contributed by atoms with Gasteiger partial charge in [0.05, 0.1) is 12.3 Å². The first kappa shape index (κ1) is 9.90. The van der Waals surface area contributed by atoms with E-state index < -0.39 is 0 Å². The van der Waals surface area contributed by atoms with E-state index in [4.69, 9.17) is 4.74 Å². The Balaban J connectivity index is 2.19. The Labute approximate surface area is 88.1 Å². The van der Waals surface area contributed by atoms with Crippen molar-refractivity contribution in [2.45, 2.75) is 19.4 Å². The number of Topliss-reactive ketones (excluding diaryl/α,β-unsaturated/α-hetero) is 1. The van der Waals surface area contributed by atoms with Crippen molar-refractivity contribution in [3.05, 3.63) is 35.9 Å². The molecule has 0 saturated carbocycles. The fourth-order valence-electron chi connectivity index (χ4n) is 1.81. The maximum Gasteiger partial charge on any atom is 0.306 e. The van der Waals surface area contributed by atoms with E-state index >= 15 is 0 Å². The summed E-state index contributed by atoms with van der Waals surface area (Å²) in [4.78, 5) is 23.0. The third-order valence-electron chi connectivity index (χ3n) is 2.67. The fourth-order valence-corrected chi connectivity index (χ4v) is 1.81. The predicted octanol–water partition coefficient (Wildman–Crippen LogP) is 1.82. The van der Waals surface area contributed by atoms with Crippen LogP contribution in [0.25, 0.3) is 0 Å². The van der Waals surface area contributed by atoms with Gasteiger partial charge < -0.3 is 4.74 Å². The molecule has 2 rings (SSSR count). The van der Waals surface area contributed by atoms with Gasteiger partial charge >= 0.3 is 5.97 Å². The van der Waals surface area contributed by atoms with Crippen LogP contribution in [0.1, 0.15) is 23.7 Å². The summed E-state index contributed by atoms with van der Waals surface area (Å²) < 4.78 is 4.96. The van der Waals surface area contributed by atoms with Gasteiger partial charge in [0.2, 0.25) is 0 Å². The summed E-state index contributed by atoms with van der Waals surface area (Å²) in [5.74, 6) is -0.606. The summed E-state index contributed by atoms with van der Waals surface area (Å²) in [6, 6.07) is 9.01. The van der Waals surface area contributed by atoms with E-state index in [-0.39, 0.29) is 30.2 Å². The zero-order chi connectivity index (χ0) is 10.8. The smallest absolute Gasteiger partial charge is 0.306 e. The first-order valence-electron chi connectivity index (χ1n) is 4.97. The number of esters is 1. The molecule has 0 radical (unpaired) electrons. The zero-order valence-corrected chi connectivity index (χ0v) is 8.47. The molecule has 0 amide bonds. The number of hydrogen-bond donors (Lipinski definition) is 0. The second kappa shape index (κ2) is 3.85. The van der Waals surface area contributed by atoms with Gasteiger partial charge in [0.1, 0.15) is 6.10 Å². The molecule has 1 aromatic rings. The quantitative estimate of drug-likeness (QED) is 0.545. The second-order valence-electron chi connectivity index (χ2n) is 3.74. The monoisotopic (exact) mass is 204 g/mol. The topological polar surface area (TPSA) is 43.4 Å². The third-order valence-corrected chi connectivity index (χ3v) is 2.67. The number of ketones is 1. The Morgan fingerprint density at radius 3 is 2.53 bits per heavy atom. The minimum Gasteiger partial charge on any atom is -0.462 e. The third kappa shape index (κ3) is 1.91. The minimum absolute atomic E-state index is 0.00560. The number of cyclic esters (lactones) is 1. The van der Waals surface area contributed by atoms with Crippen LogP contribution in [0, 0.1) is 5.92 Å². The Kier molecular flexibility index (Phi) is 2.54. The molecule has 15 heavy (non-hydrogen) atoms. The van der Waals surface area contributed by atoms with Crippen LogP contribution in [0.15, 0.2) is 30.3 Å². The van der Waals surface area contributed by atoms with Gasteiger partial charge in [0.15, 0.2) is 5.78 Å². The van der Waals surface area contributed by atoms with Crippen molar-refractivity contribution in [1.29, 1.82) is 0 Å². The highest BCUT2D eigenvalue weighted by molar-refractivity contribution is 6.00. The number of carbonyl (C=O) groups excluding carboxylic acids is 2. The van der Waals surface area contributed by atoms with Crippen LogP contribution in [0.3, 0.4) is 0 Å². The van der Waals surface area contributed by atoms with Crippen molar-refractivity contribution < 1.29 is 14.3 Å². The average molecular weight is 204 g/mol. The highest BCUT2D eigenvalue weighted by Gasteiger charge is 2.36. The van der Waals surface area contributed by atoms with Crippen molar-refractivity contribution in [2.24, 2.45) is 5.92 Å². The van der Waals surface area contributed by atoms with Gasteiger partial charge in [-0.05, 0) is 6.92 Å². The van der Waals surface area contributed by atoms with Crippen LogP contribution < -0.4 is 0 Å². The van der Waals surface area contributed by atoms with Crippen molar-refractivity contribution in [2.75, 3.05) is 0 Å². The van der Waals surface area contributed by atoms with Gasteiger partial charge in [0, 0.05) is 5.56 Å². The summed E-state index contributed by atoms with van der Waals surface area (Å²) >= 11 is 0. The van der Waals surface area contributed by atoms with Gasteiger partial charge in [0.25, 0.3) is 0 Å². The van der Waals surface area contributed by atoms with E-state index in [1.54, 1.807) is 19.1 Å². The van der Waals surface area contributed by atoms with Gasteiger partial charge in [-0.1, -0.05) is 30.3 Å². The summed E-state index contributed by atoms with van der Waals surface area (Å²) in [7, 11) is 0. The molecule has 1 aromatic carbocycles. The number of rotatable bonds is 2. The molecular formula is C12H12O3. The molecule has 1 aliphatic heterocycles. The number of hydrogen-bond acceptors (Lipinski definition) is 3. The molecular weight excluding hydrogens is 192 g/mol. The van der Waals surface area contributed by atoms with Gasteiger partial charge in [-0.25, -0.2) is 0 Å². The van der Waals surface area contributed by atoms with E-state index in [9.17, 15) is 9.59 Å². The standard InChI is InChI=1S/C12H12O3/c1-8-10(7-11(13)15-8)12(14)9-5-3-2-4-6-9/h2-6,8,10H,7H2,1H3/t8-,10-/m1/s1. The van der Waals surface area contributed by atoms with Crippen molar-refractivity contribution in [3.8, 4) is 0 Å². The minimum atomic E-state index is -0.320. The Hall–Kier alpha value is -1.64. The summed E-state index contributed by atoms with van der Waals surface area (Å²) in [5, 5.41) is 0. The molecule has 0 bridgehead atoms. The molecule has 1 aliphatic rings. The summed E-state index contributed by atoms with van der Waals surface area (Å²) in [6.07, 6.45) is -0.0975. The molecule has 1 saturated heterocycles. The van der Waals surface area contributed by atoms with Gasteiger partial charge in [-0.2, -0.15) is 0 Å².